The second kappa shape index (κ2) is 4.68. The molecule has 0 saturated carbocycles. The second-order valence-electron chi connectivity index (χ2n) is 4.13. The van der Waals surface area contributed by atoms with Crippen molar-refractivity contribution < 1.29 is 15.1 Å². The third-order valence-electron chi connectivity index (χ3n) is 2.92. The molecule has 6 nitrogen and oxygen atoms in total. The largest absolute Gasteiger partial charge is 0.392 e. The fourth-order valence-corrected chi connectivity index (χ4v) is 2.04. The predicted octanol–water partition coefficient (Wildman–Crippen LogP) is 0.658. The van der Waals surface area contributed by atoms with E-state index in [9.17, 15) is 15.2 Å². The van der Waals surface area contributed by atoms with Crippen LogP contribution >= 0.6 is 0 Å². The predicted molar refractivity (Wildman–Crippen MR) is 61.9 cm³/mol. The summed E-state index contributed by atoms with van der Waals surface area (Å²) in [5, 5.41) is 29.4. The minimum Gasteiger partial charge on any atom is -0.392 e. The van der Waals surface area contributed by atoms with Crippen molar-refractivity contribution in [2.45, 2.75) is 19.1 Å². The van der Waals surface area contributed by atoms with Crippen LogP contribution in [-0.4, -0.2) is 34.3 Å². The monoisotopic (exact) mass is 238 g/mol. The van der Waals surface area contributed by atoms with E-state index in [0.29, 0.717) is 30.8 Å². The van der Waals surface area contributed by atoms with Crippen molar-refractivity contribution in [1.82, 2.24) is 0 Å². The quantitative estimate of drug-likeness (QED) is 0.596. The summed E-state index contributed by atoms with van der Waals surface area (Å²) in [6.07, 6.45) is 0.174. The van der Waals surface area contributed by atoms with E-state index in [1.54, 1.807) is 11.0 Å². The molecule has 1 aromatic carbocycles. The zero-order valence-corrected chi connectivity index (χ0v) is 9.24. The average molecular weight is 238 g/mol. The first-order valence-electron chi connectivity index (χ1n) is 5.43. The Morgan fingerprint density at radius 3 is 2.82 bits per heavy atom. The Morgan fingerprint density at radius 2 is 2.29 bits per heavy atom. The Kier molecular flexibility index (Phi) is 3.26. The summed E-state index contributed by atoms with van der Waals surface area (Å²) in [5.41, 5.74) is 1.11. The SMILES string of the molecule is O=[N+]([O-])c1ccc(CO)cc1N1CC[C@@H](O)C1. The Hall–Kier alpha value is -1.66. The molecule has 1 fully saturated rings. The molecular weight excluding hydrogens is 224 g/mol. The summed E-state index contributed by atoms with van der Waals surface area (Å²) in [4.78, 5) is 12.2. The number of benzene rings is 1. The summed E-state index contributed by atoms with van der Waals surface area (Å²) in [7, 11) is 0. The molecule has 1 heterocycles. The molecule has 1 aliphatic heterocycles. The highest BCUT2D eigenvalue weighted by atomic mass is 16.6. The van der Waals surface area contributed by atoms with E-state index in [4.69, 9.17) is 5.11 Å². The van der Waals surface area contributed by atoms with Gasteiger partial charge in [0.25, 0.3) is 5.69 Å². The van der Waals surface area contributed by atoms with Gasteiger partial charge in [-0.1, -0.05) is 0 Å². The highest BCUT2D eigenvalue weighted by Crippen LogP contribution is 2.31. The normalized spacial score (nSPS) is 19.6. The van der Waals surface area contributed by atoms with Crippen molar-refractivity contribution in [2.24, 2.45) is 0 Å². The van der Waals surface area contributed by atoms with Crippen LogP contribution in [0, 0.1) is 10.1 Å². The molecule has 6 heteroatoms. The van der Waals surface area contributed by atoms with Gasteiger partial charge in [-0.2, -0.15) is 0 Å². The number of nitrogens with zero attached hydrogens (tertiary/aromatic N) is 2. The molecule has 0 aliphatic carbocycles. The maximum absolute atomic E-state index is 10.9. The third kappa shape index (κ3) is 2.37. The van der Waals surface area contributed by atoms with Gasteiger partial charge in [0.1, 0.15) is 5.69 Å². The van der Waals surface area contributed by atoms with E-state index in [1.165, 1.54) is 12.1 Å². The van der Waals surface area contributed by atoms with Gasteiger partial charge in [-0.15, -0.1) is 0 Å². The molecule has 1 aliphatic rings. The molecule has 0 unspecified atom stereocenters. The summed E-state index contributed by atoms with van der Waals surface area (Å²) >= 11 is 0. The van der Waals surface area contributed by atoms with Gasteiger partial charge in [-0.3, -0.25) is 10.1 Å². The van der Waals surface area contributed by atoms with Crippen LogP contribution in [0.2, 0.25) is 0 Å². The van der Waals surface area contributed by atoms with Crippen LogP contribution in [0.25, 0.3) is 0 Å². The van der Waals surface area contributed by atoms with E-state index >= 15 is 0 Å². The Bertz CT molecular complexity index is 435. The van der Waals surface area contributed by atoms with Gasteiger partial charge in [-0.25, -0.2) is 0 Å². The van der Waals surface area contributed by atoms with Gasteiger partial charge in [-0.05, 0) is 24.1 Å². The molecule has 2 N–H and O–H groups in total. The van der Waals surface area contributed by atoms with Gasteiger partial charge in [0.05, 0.1) is 17.6 Å². The molecule has 0 aromatic heterocycles. The Labute approximate surface area is 98.3 Å². The van der Waals surface area contributed by atoms with Crippen LogP contribution < -0.4 is 4.90 Å². The smallest absolute Gasteiger partial charge is 0.292 e. The minimum absolute atomic E-state index is 0.0105. The first-order chi connectivity index (χ1) is 8.11. The number of aliphatic hydroxyl groups excluding tert-OH is 2. The van der Waals surface area contributed by atoms with Crippen LogP contribution in [-0.2, 0) is 6.61 Å². The highest BCUT2D eigenvalue weighted by Gasteiger charge is 2.26. The van der Waals surface area contributed by atoms with Gasteiger partial charge in [0.15, 0.2) is 0 Å². The second-order valence-corrected chi connectivity index (χ2v) is 4.13. The van der Waals surface area contributed by atoms with Crippen molar-refractivity contribution in [2.75, 3.05) is 18.0 Å². The number of hydrogen-bond donors (Lipinski definition) is 2. The number of aliphatic hydroxyl groups is 2. The van der Waals surface area contributed by atoms with E-state index < -0.39 is 11.0 Å². The zero-order valence-electron chi connectivity index (χ0n) is 9.24. The highest BCUT2D eigenvalue weighted by molar-refractivity contribution is 5.65. The fraction of sp³-hybridized carbons (Fsp3) is 0.455. The summed E-state index contributed by atoms with van der Waals surface area (Å²) < 4.78 is 0. The van der Waals surface area contributed by atoms with E-state index in [2.05, 4.69) is 0 Å². The molecule has 0 radical (unpaired) electrons. The lowest BCUT2D eigenvalue weighted by molar-refractivity contribution is -0.384. The molecule has 17 heavy (non-hydrogen) atoms. The van der Waals surface area contributed by atoms with Crippen molar-refractivity contribution in [3.8, 4) is 0 Å². The van der Waals surface area contributed by atoms with E-state index in [0.717, 1.165) is 0 Å². The Morgan fingerprint density at radius 1 is 1.53 bits per heavy atom. The third-order valence-corrected chi connectivity index (χ3v) is 2.92. The number of anilines is 1. The molecule has 0 bridgehead atoms. The molecule has 2 rings (SSSR count). The van der Waals surface area contributed by atoms with Crippen molar-refractivity contribution >= 4 is 11.4 Å². The topological polar surface area (TPSA) is 86.8 Å². The Balaban J connectivity index is 2.38. The average Bonchev–Trinajstić information content (AvgIpc) is 2.75. The first kappa shape index (κ1) is 11.8. The standard InChI is InChI=1S/C11H14N2O4/c14-7-8-1-2-10(13(16)17)11(5-8)12-4-3-9(15)6-12/h1-2,5,9,14-15H,3-4,6-7H2/t9-/m1/s1. The van der Waals surface area contributed by atoms with Gasteiger partial charge < -0.3 is 15.1 Å². The van der Waals surface area contributed by atoms with Crippen molar-refractivity contribution in [1.29, 1.82) is 0 Å². The van der Waals surface area contributed by atoms with Crippen LogP contribution in [0.1, 0.15) is 12.0 Å². The van der Waals surface area contributed by atoms with Gasteiger partial charge in [0.2, 0.25) is 0 Å². The van der Waals surface area contributed by atoms with Crippen LogP contribution in [0.3, 0.4) is 0 Å². The summed E-state index contributed by atoms with van der Waals surface area (Å²) in [5.74, 6) is 0. The van der Waals surface area contributed by atoms with Gasteiger partial charge >= 0.3 is 0 Å². The molecule has 1 saturated heterocycles. The van der Waals surface area contributed by atoms with Crippen LogP contribution in [0.15, 0.2) is 18.2 Å². The maximum atomic E-state index is 10.9. The molecule has 1 atom stereocenters. The number of rotatable bonds is 3. The zero-order chi connectivity index (χ0) is 12.4. The first-order valence-corrected chi connectivity index (χ1v) is 5.43. The number of β-amino-alcohol motifs (C(OH)–C–C–N with tert-alkyl or cyclic N) is 1. The molecular formula is C11H14N2O4. The number of nitro benzene ring substituents is 1. The lowest BCUT2D eigenvalue weighted by Gasteiger charge is -2.18. The maximum Gasteiger partial charge on any atom is 0.292 e. The van der Waals surface area contributed by atoms with Crippen molar-refractivity contribution in [3.05, 3.63) is 33.9 Å². The molecule has 92 valence electrons. The summed E-state index contributed by atoms with van der Waals surface area (Å²) in [6, 6.07) is 4.54. The van der Waals surface area contributed by atoms with Crippen molar-refractivity contribution in [3.63, 3.8) is 0 Å². The van der Waals surface area contributed by atoms with E-state index in [1.807, 2.05) is 0 Å². The lowest BCUT2D eigenvalue weighted by atomic mass is 10.1. The minimum atomic E-state index is -0.443. The number of hydrogen-bond acceptors (Lipinski definition) is 5. The molecule has 0 spiro atoms. The summed E-state index contributed by atoms with van der Waals surface area (Å²) in [6.45, 7) is 0.841. The van der Waals surface area contributed by atoms with Crippen LogP contribution in [0.5, 0.6) is 0 Å². The van der Waals surface area contributed by atoms with Gasteiger partial charge in [0, 0.05) is 19.2 Å². The van der Waals surface area contributed by atoms with Crippen LogP contribution in [0.4, 0.5) is 11.4 Å². The van der Waals surface area contributed by atoms with E-state index in [-0.39, 0.29) is 12.3 Å². The molecule has 1 aromatic rings. The fourth-order valence-electron chi connectivity index (χ4n) is 2.04. The lowest BCUT2D eigenvalue weighted by Crippen LogP contribution is -2.22. The molecule has 0 amide bonds. The number of nitro groups is 1.